The monoisotopic (exact) mass is 473 g/mol. The van der Waals surface area contributed by atoms with E-state index >= 15 is 0 Å². The molecule has 0 bridgehead atoms. The molecule has 168 valence electrons. The number of benzene rings is 2. The van der Waals surface area contributed by atoms with Crippen molar-refractivity contribution in [2.24, 2.45) is 0 Å². The van der Waals surface area contributed by atoms with Crippen LogP contribution in [0.4, 0.5) is 0 Å². The molecule has 1 aromatic heterocycles. The van der Waals surface area contributed by atoms with Crippen LogP contribution in [0.1, 0.15) is 59.5 Å². The summed E-state index contributed by atoms with van der Waals surface area (Å²) < 4.78 is 13.2. The molecule has 0 spiro atoms. The molecule has 0 saturated heterocycles. The molecule has 0 saturated carbocycles. The highest BCUT2D eigenvalue weighted by Crippen LogP contribution is 2.54. The van der Waals surface area contributed by atoms with Crippen molar-refractivity contribution in [3.8, 4) is 17.2 Å². The number of para-hydroxylation sites is 1. The van der Waals surface area contributed by atoms with E-state index in [4.69, 9.17) is 21.1 Å². The van der Waals surface area contributed by atoms with Crippen molar-refractivity contribution in [2.45, 2.75) is 36.7 Å². The highest BCUT2D eigenvalue weighted by atomic mass is 35.5. The van der Waals surface area contributed by atoms with Gasteiger partial charge in [0.2, 0.25) is 0 Å². The lowest BCUT2D eigenvalue weighted by Crippen LogP contribution is -2.10. The lowest BCUT2D eigenvalue weighted by molar-refractivity contribution is -0.137. The van der Waals surface area contributed by atoms with Crippen LogP contribution < -0.4 is 9.47 Å². The third-order valence-corrected chi connectivity index (χ3v) is 7.13. The first kappa shape index (κ1) is 22.5. The molecular formula is C23H24ClN3O4S. The van der Waals surface area contributed by atoms with Gasteiger partial charge in [0, 0.05) is 16.5 Å². The molecule has 7 nitrogen and oxygen atoms in total. The van der Waals surface area contributed by atoms with Gasteiger partial charge in [-0.2, -0.15) is 0 Å². The Morgan fingerprint density at radius 1 is 1.19 bits per heavy atom. The number of carbonyl (C=O) groups is 1. The zero-order valence-electron chi connectivity index (χ0n) is 18.2. The molecule has 9 heteroatoms. The van der Waals surface area contributed by atoms with Gasteiger partial charge in [-0.05, 0) is 29.8 Å². The summed E-state index contributed by atoms with van der Waals surface area (Å²) in [7, 11) is 3.19. The summed E-state index contributed by atoms with van der Waals surface area (Å²) >= 11 is 7.94. The van der Waals surface area contributed by atoms with Crippen molar-refractivity contribution < 1.29 is 19.4 Å². The van der Waals surface area contributed by atoms with E-state index in [1.165, 1.54) is 11.8 Å². The maximum absolute atomic E-state index is 11.8. The van der Waals surface area contributed by atoms with Crippen LogP contribution in [0, 0.1) is 0 Å². The summed E-state index contributed by atoms with van der Waals surface area (Å²) in [5.41, 5.74) is 2.69. The van der Waals surface area contributed by atoms with Crippen LogP contribution in [0.15, 0.2) is 36.4 Å². The second kappa shape index (κ2) is 9.03. The fraction of sp³-hybridized carbons (Fsp3) is 0.348. The Balaban J connectivity index is 2.02. The van der Waals surface area contributed by atoms with Crippen molar-refractivity contribution in [1.29, 1.82) is 0 Å². The van der Waals surface area contributed by atoms with Crippen LogP contribution >= 0.6 is 23.4 Å². The maximum atomic E-state index is 11.8. The minimum Gasteiger partial charge on any atom is -0.493 e. The Morgan fingerprint density at radius 3 is 2.62 bits per heavy atom. The summed E-state index contributed by atoms with van der Waals surface area (Å²) in [6.07, 6.45) is -0.0919. The normalized spacial score (nSPS) is 17.4. The molecule has 0 unspecified atom stereocenters. The number of carboxylic acids is 1. The first-order chi connectivity index (χ1) is 15.3. The molecule has 2 atom stereocenters. The van der Waals surface area contributed by atoms with Crippen LogP contribution in [0.3, 0.4) is 0 Å². The second-order valence-electron chi connectivity index (χ2n) is 7.80. The topological polar surface area (TPSA) is 86.5 Å². The predicted molar refractivity (Wildman–Crippen MR) is 124 cm³/mol. The fourth-order valence-electron chi connectivity index (χ4n) is 4.03. The van der Waals surface area contributed by atoms with E-state index in [9.17, 15) is 9.90 Å². The van der Waals surface area contributed by atoms with Gasteiger partial charge in [-0.3, -0.25) is 9.36 Å². The van der Waals surface area contributed by atoms with Crippen LogP contribution in [-0.2, 0) is 4.79 Å². The minimum absolute atomic E-state index is 0.0919. The molecule has 4 rings (SSSR count). The van der Waals surface area contributed by atoms with Crippen molar-refractivity contribution in [3.63, 3.8) is 0 Å². The number of thioether (sulfide) groups is 1. The number of fused-ring (bicyclic) bond motifs is 3. The number of carboxylic acid groups (broad SMARTS) is 1. The molecular weight excluding hydrogens is 450 g/mol. The van der Waals surface area contributed by atoms with Gasteiger partial charge in [0.05, 0.1) is 36.8 Å². The first-order valence-corrected chi connectivity index (χ1v) is 11.5. The second-order valence-corrected chi connectivity index (χ2v) is 9.54. The first-order valence-electron chi connectivity index (χ1n) is 10.2. The molecule has 1 aliphatic heterocycles. The number of methoxy groups -OCH3 is 2. The van der Waals surface area contributed by atoms with Crippen LogP contribution in [0.5, 0.6) is 11.5 Å². The number of aliphatic carboxylic acids is 1. The van der Waals surface area contributed by atoms with E-state index in [1.54, 1.807) is 14.2 Å². The largest absolute Gasteiger partial charge is 0.493 e. The maximum Gasteiger partial charge on any atom is 0.304 e. The van der Waals surface area contributed by atoms with Crippen molar-refractivity contribution >= 4 is 29.3 Å². The summed E-state index contributed by atoms with van der Waals surface area (Å²) in [5, 5.41) is 18.4. The van der Waals surface area contributed by atoms with E-state index in [-0.39, 0.29) is 17.6 Å². The van der Waals surface area contributed by atoms with E-state index < -0.39 is 11.2 Å². The zero-order chi connectivity index (χ0) is 23.0. The van der Waals surface area contributed by atoms with Gasteiger partial charge in [-0.15, -0.1) is 22.0 Å². The van der Waals surface area contributed by atoms with E-state index in [0.717, 1.165) is 22.6 Å². The van der Waals surface area contributed by atoms with Crippen LogP contribution in [0.2, 0.25) is 5.02 Å². The summed E-state index contributed by atoms with van der Waals surface area (Å²) in [4.78, 5) is 11.8. The van der Waals surface area contributed by atoms with Gasteiger partial charge in [0.15, 0.2) is 17.3 Å². The summed E-state index contributed by atoms with van der Waals surface area (Å²) in [6.45, 7) is 4.08. The summed E-state index contributed by atoms with van der Waals surface area (Å²) in [5.74, 6) is 1.80. The van der Waals surface area contributed by atoms with E-state index in [2.05, 4.69) is 10.2 Å². The van der Waals surface area contributed by atoms with Crippen molar-refractivity contribution in [3.05, 3.63) is 64.2 Å². The Hall–Kier alpha value is -2.71. The Bertz CT molecular complexity index is 1160. The molecule has 2 heterocycles. The number of ether oxygens (including phenoxy) is 2. The Kier molecular flexibility index (Phi) is 6.35. The van der Waals surface area contributed by atoms with Crippen molar-refractivity contribution in [2.75, 3.05) is 14.2 Å². The molecule has 0 amide bonds. The number of rotatable bonds is 6. The molecule has 0 fully saturated rings. The molecule has 3 aromatic rings. The number of hydrogen-bond donors (Lipinski definition) is 1. The van der Waals surface area contributed by atoms with Crippen LogP contribution in [0.25, 0.3) is 5.69 Å². The van der Waals surface area contributed by atoms with Gasteiger partial charge >= 0.3 is 5.97 Å². The third kappa shape index (κ3) is 3.93. The predicted octanol–water partition coefficient (Wildman–Crippen LogP) is 5.41. The molecule has 1 N–H and O–H groups in total. The third-order valence-electron chi connectivity index (χ3n) is 5.41. The van der Waals surface area contributed by atoms with Gasteiger partial charge < -0.3 is 14.6 Å². The highest BCUT2D eigenvalue weighted by Gasteiger charge is 2.36. The van der Waals surface area contributed by atoms with Gasteiger partial charge in [0.1, 0.15) is 5.82 Å². The lowest BCUT2D eigenvalue weighted by Gasteiger charge is -2.23. The molecule has 2 aromatic carbocycles. The van der Waals surface area contributed by atoms with Crippen molar-refractivity contribution in [1.82, 2.24) is 14.8 Å². The number of aromatic nitrogens is 3. The average Bonchev–Trinajstić information content (AvgIpc) is 3.16. The fourth-order valence-corrected chi connectivity index (χ4v) is 5.72. The van der Waals surface area contributed by atoms with Gasteiger partial charge in [-0.25, -0.2) is 0 Å². The quantitative estimate of drug-likeness (QED) is 0.511. The molecule has 32 heavy (non-hydrogen) atoms. The van der Waals surface area contributed by atoms with Gasteiger partial charge in [-0.1, -0.05) is 37.6 Å². The number of nitrogens with zero attached hydrogens (tertiary/aromatic N) is 3. The van der Waals surface area contributed by atoms with Crippen LogP contribution in [-0.4, -0.2) is 40.1 Å². The lowest BCUT2D eigenvalue weighted by atomic mass is 10.0. The zero-order valence-corrected chi connectivity index (χ0v) is 19.8. The minimum atomic E-state index is -0.900. The standard InChI is InChI=1S/C23H24ClN3O4S/c1-12(2)22-25-26-23-18(11-19(28)29)32-21(14-6-5-7-17(30-3)20(14)31-4)15-10-13(24)8-9-16(15)27(22)23/h5-10,12,18,21H,11H2,1-4H3,(H,28,29)/t18-,21-/m1/s1. The number of halogens is 1. The SMILES string of the molecule is COc1cccc([C@H]2S[C@H](CC(=O)O)c3nnc(C(C)C)n3-c3ccc(Cl)cc32)c1OC. The summed E-state index contributed by atoms with van der Waals surface area (Å²) in [6, 6.07) is 11.4. The van der Waals surface area contributed by atoms with E-state index in [1.807, 2.05) is 54.8 Å². The van der Waals surface area contributed by atoms with E-state index in [0.29, 0.717) is 22.3 Å². The Labute approximate surface area is 195 Å². The van der Waals surface area contributed by atoms with Gasteiger partial charge in [0.25, 0.3) is 0 Å². The highest BCUT2D eigenvalue weighted by molar-refractivity contribution is 8.00. The number of hydrogen-bond acceptors (Lipinski definition) is 6. The Morgan fingerprint density at radius 2 is 1.97 bits per heavy atom. The average molecular weight is 474 g/mol. The smallest absolute Gasteiger partial charge is 0.304 e. The molecule has 0 aliphatic carbocycles. The molecule has 0 radical (unpaired) electrons. The molecule has 1 aliphatic rings.